The van der Waals surface area contributed by atoms with Gasteiger partial charge in [-0.1, -0.05) is 60.7 Å². The van der Waals surface area contributed by atoms with Crippen molar-refractivity contribution in [1.82, 2.24) is 0 Å². The molecular formula is C25H21NO3S. The maximum Gasteiger partial charge on any atom is 0.258 e. The number of carbonyl (C=O) groups is 1. The normalized spacial score (nSPS) is 11.4. The summed E-state index contributed by atoms with van der Waals surface area (Å²) in [7, 11) is -1.69. The van der Waals surface area contributed by atoms with Crippen LogP contribution in [0.1, 0.15) is 15.9 Å². The van der Waals surface area contributed by atoms with Crippen LogP contribution in [-0.2, 0) is 15.6 Å². The Morgan fingerprint density at radius 1 is 0.767 bits per heavy atom. The number of nitrogens with zero attached hydrogens (tertiary/aromatic N) is 1. The molecule has 0 aliphatic heterocycles. The van der Waals surface area contributed by atoms with Crippen LogP contribution in [0.5, 0.6) is 0 Å². The van der Waals surface area contributed by atoms with E-state index < -0.39 is 9.84 Å². The molecule has 0 fully saturated rings. The number of rotatable bonds is 5. The average molecular weight is 416 g/mol. The van der Waals surface area contributed by atoms with Crippen molar-refractivity contribution in [2.24, 2.45) is 0 Å². The summed E-state index contributed by atoms with van der Waals surface area (Å²) >= 11 is 0. The molecule has 30 heavy (non-hydrogen) atoms. The van der Waals surface area contributed by atoms with Crippen molar-refractivity contribution in [2.75, 3.05) is 11.9 Å². The van der Waals surface area contributed by atoms with E-state index in [-0.39, 0.29) is 11.7 Å². The second-order valence-corrected chi connectivity index (χ2v) is 9.15. The number of amides is 1. The molecule has 0 N–H and O–H groups in total. The highest BCUT2D eigenvalue weighted by molar-refractivity contribution is 7.90. The van der Waals surface area contributed by atoms with E-state index in [2.05, 4.69) is 0 Å². The molecule has 4 aromatic rings. The number of anilines is 1. The molecule has 4 rings (SSSR count). The van der Waals surface area contributed by atoms with Gasteiger partial charge in [0.2, 0.25) is 0 Å². The predicted octanol–water partition coefficient (Wildman–Crippen LogP) is 5.09. The molecule has 0 aliphatic carbocycles. The van der Waals surface area contributed by atoms with Crippen LogP contribution in [-0.4, -0.2) is 21.4 Å². The molecule has 1 amide bonds. The van der Waals surface area contributed by atoms with Crippen LogP contribution in [0.25, 0.3) is 10.8 Å². The molecule has 4 aromatic carbocycles. The fourth-order valence-electron chi connectivity index (χ4n) is 3.37. The van der Waals surface area contributed by atoms with Crippen LogP contribution in [0.15, 0.2) is 102 Å². The van der Waals surface area contributed by atoms with E-state index >= 15 is 0 Å². The van der Waals surface area contributed by atoms with Gasteiger partial charge in [-0.3, -0.25) is 4.79 Å². The summed E-state index contributed by atoms with van der Waals surface area (Å²) in [6, 6.07) is 29.0. The predicted molar refractivity (Wildman–Crippen MR) is 120 cm³/mol. The maximum atomic E-state index is 12.9. The molecule has 0 spiro atoms. The van der Waals surface area contributed by atoms with Gasteiger partial charge in [0.05, 0.1) is 10.6 Å². The lowest BCUT2D eigenvalue weighted by atomic mass is 10.1. The minimum absolute atomic E-state index is 0.105. The molecule has 0 aromatic heterocycles. The number of benzene rings is 4. The lowest BCUT2D eigenvalue weighted by Crippen LogP contribution is -2.26. The van der Waals surface area contributed by atoms with E-state index in [9.17, 15) is 13.2 Å². The first-order valence-corrected chi connectivity index (χ1v) is 11.2. The van der Waals surface area contributed by atoms with Crippen molar-refractivity contribution in [3.8, 4) is 0 Å². The summed E-state index contributed by atoms with van der Waals surface area (Å²) in [6.45, 7) is 0. The van der Waals surface area contributed by atoms with E-state index in [1.165, 1.54) is 0 Å². The Labute approximate surface area is 176 Å². The van der Waals surface area contributed by atoms with Crippen molar-refractivity contribution in [3.63, 3.8) is 0 Å². The molecule has 0 heterocycles. The van der Waals surface area contributed by atoms with Crippen molar-refractivity contribution in [1.29, 1.82) is 0 Å². The zero-order valence-electron chi connectivity index (χ0n) is 16.5. The molecule has 5 heteroatoms. The van der Waals surface area contributed by atoms with Gasteiger partial charge in [-0.2, -0.15) is 0 Å². The minimum atomic E-state index is -3.42. The van der Waals surface area contributed by atoms with E-state index in [0.29, 0.717) is 16.0 Å². The van der Waals surface area contributed by atoms with Crippen LogP contribution < -0.4 is 4.90 Å². The molecule has 0 radical (unpaired) electrons. The molecule has 0 bridgehead atoms. The Morgan fingerprint density at radius 2 is 1.40 bits per heavy atom. The third-order valence-electron chi connectivity index (χ3n) is 5.08. The summed E-state index contributed by atoms with van der Waals surface area (Å²) in [5.74, 6) is -0.255. The van der Waals surface area contributed by atoms with E-state index in [1.54, 1.807) is 66.5 Å². The van der Waals surface area contributed by atoms with Crippen molar-refractivity contribution in [3.05, 3.63) is 108 Å². The smallest absolute Gasteiger partial charge is 0.258 e. The summed E-state index contributed by atoms with van der Waals surface area (Å²) in [5, 5.41) is 2.18. The first-order chi connectivity index (χ1) is 14.4. The van der Waals surface area contributed by atoms with Gasteiger partial charge < -0.3 is 4.90 Å². The maximum absolute atomic E-state index is 12.9. The monoisotopic (exact) mass is 415 g/mol. The van der Waals surface area contributed by atoms with Gasteiger partial charge in [0.25, 0.3) is 5.91 Å². The third-order valence-corrected chi connectivity index (χ3v) is 6.79. The SMILES string of the molecule is CN(C(=O)c1ccc(CS(=O)(=O)c2ccccc2)cc1)c1ccc2ccccc2c1. The summed E-state index contributed by atoms with van der Waals surface area (Å²) in [6.07, 6.45) is 0. The largest absolute Gasteiger partial charge is 0.311 e. The Hall–Kier alpha value is -3.44. The Balaban J connectivity index is 1.52. The fourth-order valence-corrected chi connectivity index (χ4v) is 4.74. The van der Waals surface area contributed by atoms with Gasteiger partial charge in [0.15, 0.2) is 9.84 Å². The molecule has 0 atom stereocenters. The van der Waals surface area contributed by atoms with Gasteiger partial charge in [-0.05, 0) is 52.7 Å². The highest BCUT2D eigenvalue weighted by Gasteiger charge is 2.17. The number of sulfone groups is 1. The second kappa shape index (κ2) is 8.13. The quantitative estimate of drug-likeness (QED) is 0.456. The Morgan fingerprint density at radius 3 is 2.10 bits per heavy atom. The number of fused-ring (bicyclic) bond motifs is 1. The van der Waals surface area contributed by atoms with Gasteiger partial charge in [-0.15, -0.1) is 0 Å². The highest BCUT2D eigenvalue weighted by Crippen LogP contribution is 2.23. The fraction of sp³-hybridized carbons (Fsp3) is 0.0800. The van der Waals surface area contributed by atoms with E-state index in [1.807, 2.05) is 42.5 Å². The van der Waals surface area contributed by atoms with Crippen molar-refractivity contribution >= 4 is 32.2 Å². The van der Waals surface area contributed by atoms with Crippen LogP contribution in [0.2, 0.25) is 0 Å². The zero-order valence-corrected chi connectivity index (χ0v) is 17.3. The summed E-state index contributed by atoms with van der Waals surface area (Å²) in [5.41, 5.74) is 1.95. The first kappa shape index (κ1) is 19.9. The van der Waals surface area contributed by atoms with Gasteiger partial charge >= 0.3 is 0 Å². The standard InChI is InChI=1S/C25H21NO3S/c1-26(23-16-15-20-7-5-6-8-22(20)17-23)25(27)21-13-11-19(12-14-21)18-30(28,29)24-9-3-2-4-10-24/h2-17H,18H2,1H3. The Bertz CT molecular complexity index is 1300. The third kappa shape index (κ3) is 4.11. The topological polar surface area (TPSA) is 54.5 Å². The molecule has 4 nitrogen and oxygen atoms in total. The van der Waals surface area contributed by atoms with Crippen LogP contribution in [0.4, 0.5) is 5.69 Å². The molecule has 0 unspecified atom stereocenters. The molecule has 0 saturated heterocycles. The number of hydrogen-bond donors (Lipinski definition) is 0. The molecule has 150 valence electrons. The lowest BCUT2D eigenvalue weighted by Gasteiger charge is -2.18. The van der Waals surface area contributed by atoms with Crippen molar-refractivity contribution < 1.29 is 13.2 Å². The molecule has 0 saturated carbocycles. The lowest BCUT2D eigenvalue weighted by molar-refractivity contribution is 0.0993. The van der Waals surface area contributed by atoms with Crippen molar-refractivity contribution in [2.45, 2.75) is 10.6 Å². The van der Waals surface area contributed by atoms with Gasteiger partial charge in [-0.25, -0.2) is 8.42 Å². The number of hydrogen-bond acceptors (Lipinski definition) is 3. The van der Waals surface area contributed by atoms with Crippen LogP contribution in [0, 0.1) is 0 Å². The molecular weight excluding hydrogens is 394 g/mol. The van der Waals surface area contributed by atoms with Crippen LogP contribution in [0.3, 0.4) is 0 Å². The van der Waals surface area contributed by atoms with Gasteiger partial charge in [0.1, 0.15) is 0 Å². The highest BCUT2D eigenvalue weighted by atomic mass is 32.2. The first-order valence-electron chi connectivity index (χ1n) is 9.58. The van der Waals surface area contributed by atoms with E-state index in [4.69, 9.17) is 0 Å². The number of carbonyl (C=O) groups excluding carboxylic acids is 1. The van der Waals surface area contributed by atoms with E-state index in [0.717, 1.165) is 16.5 Å². The zero-order chi connectivity index (χ0) is 21.1. The van der Waals surface area contributed by atoms with Gasteiger partial charge in [0, 0.05) is 18.3 Å². The Kier molecular flexibility index (Phi) is 5.38. The van der Waals surface area contributed by atoms with Crippen LogP contribution >= 0.6 is 0 Å². The summed E-state index contributed by atoms with van der Waals surface area (Å²) < 4.78 is 25.1. The average Bonchev–Trinajstić information content (AvgIpc) is 2.78. The molecule has 0 aliphatic rings. The minimum Gasteiger partial charge on any atom is -0.311 e. The second-order valence-electron chi connectivity index (χ2n) is 7.16. The summed E-state index contributed by atoms with van der Waals surface area (Å²) in [4.78, 5) is 14.8.